The van der Waals surface area contributed by atoms with Gasteiger partial charge in [0.1, 0.15) is 0 Å². The highest BCUT2D eigenvalue weighted by Gasteiger charge is 2.52. The second-order valence-electron chi connectivity index (χ2n) is 7.64. The van der Waals surface area contributed by atoms with E-state index < -0.39 is 12.6 Å². The lowest BCUT2D eigenvalue weighted by Crippen LogP contribution is -2.34. The molecule has 0 bridgehead atoms. The number of fused-ring (bicyclic) bond motifs is 1. The van der Waals surface area contributed by atoms with Gasteiger partial charge in [-0.2, -0.15) is 0 Å². The number of hydrogen-bond donors (Lipinski definition) is 0. The van der Waals surface area contributed by atoms with Crippen molar-refractivity contribution in [1.29, 1.82) is 0 Å². The van der Waals surface area contributed by atoms with Crippen molar-refractivity contribution >= 4 is 61.1 Å². The molecule has 2 aliphatic rings. The highest BCUT2D eigenvalue weighted by Crippen LogP contribution is 2.44. The van der Waals surface area contributed by atoms with Crippen LogP contribution in [-0.2, 0) is 14.3 Å². The molecule has 0 N–H and O–H groups in total. The average Bonchev–Trinajstić information content (AvgIpc) is 3.02. The lowest BCUT2D eigenvalue weighted by Gasteiger charge is -2.29. The first kappa shape index (κ1) is 21.9. The second-order valence-corrected chi connectivity index (χ2v) is 10.00. The van der Waals surface area contributed by atoms with Crippen LogP contribution in [0.25, 0.3) is 0 Å². The van der Waals surface area contributed by atoms with E-state index in [2.05, 4.69) is 31.9 Å². The van der Waals surface area contributed by atoms with E-state index >= 15 is 0 Å². The van der Waals surface area contributed by atoms with E-state index in [1.54, 1.807) is 42.5 Å². The van der Waals surface area contributed by atoms with Crippen LogP contribution in [0.2, 0.25) is 0 Å². The maximum atomic E-state index is 13.0. The summed E-state index contributed by atoms with van der Waals surface area (Å²) in [6, 6.07) is 14.8. The van der Waals surface area contributed by atoms with Crippen molar-refractivity contribution in [3.63, 3.8) is 0 Å². The fraction of sp³-hybridized carbons (Fsp3) is 0.304. The molecular weight excluding hydrogens is 530 g/mol. The minimum absolute atomic E-state index is 0.119. The molecule has 1 saturated heterocycles. The Morgan fingerprint density at radius 1 is 0.871 bits per heavy atom. The van der Waals surface area contributed by atoms with Crippen LogP contribution in [-0.4, -0.2) is 39.8 Å². The van der Waals surface area contributed by atoms with Gasteiger partial charge >= 0.3 is 5.97 Å². The summed E-state index contributed by atoms with van der Waals surface area (Å²) in [7, 11) is 0. The lowest BCUT2D eigenvalue weighted by atomic mass is 9.81. The number of benzene rings is 2. The first-order valence-electron chi connectivity index (χ1n) is 9.88. The fourth-order valence-corrected chi connectivity index (χ4v) is 5.28. The molecule has 31 heavy (non-hydrogen) atoms. The van der Waals surface area contributed by atoms with E-state index in [9.17, 15) is 19.2 Å². The van der Waals surface area contributed by atoms with Crippen LogP contribution in [0, 0.1) is 11.8 Å². The van der Waals surface area contributed by atoms with Gasteiger partial charge in [-0.1, -0.05) is 68.3 Å². The number of carbonyl (C=O) groups excluding carboxylic acids is 4. The Morgan fingerprint density at radius 3 is 2.06 bits per heavy atom. The van der Waals surface area contributed by atoms with Gasteiger partial charge in [0.05, 0.1) is 23.1 Å². The third-order valence-corrected chi connectivity index (χ3v) is 8.42. The molecule has 6 nitrogen and oxygen atoms in total. The average molecular weight is 549 g/mol. The van der Waals surface area contributed by atoms with E-state index in [1.807, 2.05) is 0 Å². The number of ether oxygens (including phenoxy) is 1. The molecule has 0 spiro atoms. The van der Waals surface area contributed by atoms with Gasteiger partial charge in [0.15, 0.2) is 12.4 Å². The Labute approximate surface area is 196 Å². The number of rotatable bonds is 5. The van der Waals surface area contributed by atoms with Crippen LogP contribution in [0.4, 0.5) is 5.69 Å². The van der Waals surface area contributed by atoms with Crippen molar-refractivity contribution in [2.75, 3.05) is 11.5 Å². The molecule has 160 valence electrons. The van der Waals surface area contributed by atoms with Gasteiger partial charge in [0.25, 0.3) is 0 Å². The van der Waals surface area contributed by atoms with Crippen molar-refractivity contribution < 1.29 is 23.9 Å². The predicted octanol–water partition coefficient (Wildman–Crippen LogP) is 4.15. The molecule has 1 heterocycles. The molecule has 2 aromatic rings. The van der Waals surface area contributed by atoms with Crippen LogP contribution in [0.5, 0.6) is 0 Å². The van der Waals surface area contributed by atoms with Gasteiger partial charge in [-0.05, 0) is 31.0 Å². The Balaban J connectivity index is 1.48. The zero-order chi connectivity index (χ0) is 22.1. The summed E-state index contributed by atoms with van der Waals surface area (Å²) >= 11 is 7.15. The molecular formula is C23H19Br2NO5. The number of hydrogen-bond acceptors (Lipinski definition) is 5. The molecule has 4 atom stereocenters. The highest BCUT2D eigenvalue weighted by molar-refractivity contribution is 9.12. The van der Waals surface area contributed by atoms with Crippen LogP contribution < -0.4 is 4.90 Å². The summed E-state index contributed by atoms with van der Waals surface area (Å²) in [6.45, 7) is -0.391. The topological polar surface area (TPSA) is 80.8 Å². The summed E-state index contributed by atoms with van der Waals surface area (Å²) in [5.41, 5.74) is 0.964. The minimum atomic E-state index is -0.691. The van der Waals surface area contributed by atoms with Gasteiger partial charge in [0.2, 0.25) is 11.8 Å². The highest BCUT2D eigenvalue weighted by atomic mass is 79.9. The predicted molar refractivity (Wildman–Crippen MR) is 122 cm³/mol. The fourth-order valence-electron chi connectivity index (χ4n) is 4.04. The number of anilines is 1. The van der Waals surface area contributed by atoms with E-state index in [0.29, 0.717) is 24.1 Å². The van der Waals surface area contributed by atoms with E-state index in [-0.39, 0.29) is 44.7 Å². The molecule has 4 rings (SSSR count). The first-order chi connectivity index (χ1) is 14.9. The van der Waals surface area contributed by atoms with Crippen LogP contribution >= 0.6 is 31.9 Å². The van der Waals surface area contributed by atoms with Gasteiger partial charge in [-0.3, -0.25) is 19.3 Å². The molecule has 0 unspecified atom stereocenters. The Kier molecular flexibility index (Phi) is 6.39. The third-order valence-electron chi connectivity index (χ3n) is 5.68. The van der Waals surface area contributed by atoms with E-state index in [0.717, 1.165) is 0 Å². The number of imide groups is 1. The SMILES string of the molecule is O=C(COC(=O)c1cccc(N2C(=O)[C@H]3C[C@@H](Br)[C@H](Br)C[C@H]3C2=O)c1)c1ccccc1. The number of alkyl halides is 2. The molecule has 2 amide bonds. The molecule has 8 heteroatoms. The Morgan fingerprint density at radius 2 is 1.45 bits per heavy atom. The van der Waals surface area contributed by atoms with Crippen molar-refractivity contribution in [2.24, 2.45) is 11.8 Å². The van der Waals surface area contributed by atoms with Gasteiger partial charge in [0, 0.05) is 15.2 Å². The lowest BCUT2D eigenvalue weighted by molar-refractivity contribution is -0.122. The zero-order valence-corrected chi connectivity index (χ0v) is 19.5. The minimum Gasteiger partial charge on any atom is -0.454 e. The zero-order valence-electron chi connectivity index (χ0n) is 16.4. The van der Waals surface area contributed by atoms with Gasteiger partial charge in [-0.25, -0.2) is 4.79 Å². The summed E-state index contributed by atoms with van der Waals surface area (Å²) < 4.78 is 5.15. The summed E-state index contributed by atoms with van der Waals surface area (Å²) in [5, 5.41) is 0. The van der Waals surface area contributed by atoms with Crippen molar-refractivity contribution in [3.05, 3.63) is 65.7 Å². The number of carbonyl (C=O) groups is 4. The number of halogens is 2. The second kappa shape index (κ2) is 9.04. The van der Waals surface area contributed by atoms with Crippen molar-refractivity contribution in [3.8, 4) is 0 Å². The standard InChI is InChI=1S/C23H19Br2NO5/c24-18-10-16-17(11-19(18)25)22(29)26(21(16)28)15-8-4-7-14(9-15)23(30)31-12-20(27)13-5-2-1-3-6-13/h1-9,16-19H,10-12H2/t16-,17+,18-,19-/m1/s1. The monoisotopic (exact) mass is 547 g/mol. The van der Waals surface area contributed by atoms with E-state index in [1.165, 1.54) is 17.0 Å². The molecule has 2 fully saturated rings. The first-order valence-corrected chi connectivity index (χ1v) is 11.7. The number of ketones is 1. The maximum absolute atomic E-state index is 13.0. The van der Waals surface area contributed by atoms with Crippen LogP contribution in [0.1, 0.15) is 33.6 Å². The van der Waals surface area contributed by atoms with Crippen molar-refractivity contribution in [2.45, 2.75) is 22.5 Å². The quantitative estimate of drug-likeness (QED) is 0.243. The smallest absolute Gasteiger partial charge is 0.338 e. The molecule has 1 aliphatic carbocycles. The van der Waals surface area contributed by atoms with Crippen LogP contribution in [0.3, 0.4) is 0 Å². The summed E-state index contributed by atoms with van der Waals surface area (Å²) in [4.78, 5) is 52.0. The number of esters is 1. The van der Waals surface area contributed by atoms with E-state index in [4.69, 9.17) is 4.74 Å². The molecule has 0 radical (unpaired) electrons. The van der Waals surface area contributed by atoms with Gasteiger partial charge in [-0.15, -0.1) is 0 Å². The Hall–Kier alpha value is -2.32. The van der Waals surface area contributed by atoms with Crippen molar-refractivity contribution in [1.82, 2.24) is 0 Å². The maximum Gasteiger partial charge on any atom is 0.338 e. The summed E-state index contributed by atoms with van der Waals surface area (Å²) in [5.74, 6) is -2.24. The van der Waals surface area contributed by atoms with Crippen LogP contribution in [0.15, 0.2) is 54.6 Å². The summed E-state index contributed by atoms with van der Waals surface area (Å²) in [6.07, 6.45) is 1.15. The van der Waals surface area contributed by atoms with Gasteiger partial charge < -0.3 is 4.74 Å². The third kappa shape index (κ3) is 4.36. The molecule has 1 aliphatic heterocycles. The number of Topliss-reactive ketones (excluding diaryl/α,β-unsaturated/α-hetero) is 1. The molecule has 0 aromatic heterocycles. The Bertz CT molecular complexity index is 1010. The number of amides is 2. The molecule has 1 saturated carbocycles. The largest absolute Gasteiger partial charge is 0.454 e. The normalized spacial score (nSPS) is 25.3. The molecule has 2 aromatic carbocycles. The number of nitrogens with zero attached hydrogens (tertiary/aromatic N) is 1.